The Morgan fingerprint density at radius 2 is 1.52 bits per heavy atom. The van der Waals surface area contributed by atoms with Gasteiger partial charge < -0.3 is 0 Å². The fourth-order valence-electron chi connectivity index (χ4n) is 4.05. The summed E-state index contributed by atoms with van der Waals surface area (Å²) in [5, 5.41) is 8.91. The van der Waals surface area contributed by atoms with Crippen LogP contribution in [0.15, 0.2) is 6.20 Å². The van der Waals surface area contributed by atoms with Crippen molar-refractivity contribution in [2.45, 2.75) is 125 Å². The number of hydrogen-bond donors (Lipinski definition) is 0. The van der Waals surface area contributed by atoms with Crippen LogP contribution < -0.4 is 0 Å². The fraction of sp³-hybridized carbons (Fsp3) is 0.917. The van der Waals surface area contributed by atoms with Gasteiger partial charge in [-0.15, -0.1) is 5.10 Å². The zero-order valence-electron chi connectivity index (χ0n) is 19.1. The summed E-state index contributed by atoms with van der Waals surface area (Å²) in [5.74, 6) is 2.40. The Kier molecular flexibility index (Phi) is 13.5. The van der Waals surface area contributed by atoms with E-state index in [0.717, 1.165) is 30.7 Å². The molecule has 1 aromatic heterocycles. The number of nitrogens with zero attached hydrogens (tertiary/aromatic N) is 3. The van der Waals surface area contributed by atoms with Gasteiger partial charge in [-0.05, 0) is 37.0 Å². The van der Waals surface area contributed by atoms with E-state index < -0.39 is 0 Å². The van der Waals surface area contributed by atoms with Crippen molar-refractivity contribution in [2.75, 3.05) is 0 Å². The third kappa shape index (κ3) is 11.5. The maximum absolute atomic E-state index is 4.50. The molecule has 1 rings (SSSR count). The summed E-state index contributed by atoms with van der Waals surface area (Å²) in [6, 6.07) is 0. The minimum Gasteiger partial charge on any atom is -0.252 e. The molecular weight excluding hydrogens is 330 g/mol. The van der Waals surface area contributed by atoms with E-state index in [2.05, 4.69) is 55.8 Å². The molecule has 0 aromatic carbocycles. The highest BCUT2D eigenvalue weighted by molar-refractivity contribution is 4.94. The summed E-state index contributed by atoms with van der Waals surface area (Å²) in [6.07, 6.45) is 19.4. The van der Waals surface area contributed by atoms with Crippen LogP contribution in [0.25, 0.3) is 0 Å². The monoisotopic (exact) mass is 377 g/mol. The highest BCUT2D eigenvalue weighted by Crippen LogP contribution is 2.22. The largest absolute Gasteiger partial charge is 0.252 e. The smallest absolute Gasteiger partial charge is 0.0829 e. The van der Waals surface area contributed by atoms with Crippen LogP contribution >= 0.6 is 0 Å². The molecule has 0 amide bonds. The third-order valence-corrected chi connectivity index (χ3v) is 6.12. The molecule has 0 saturated carbocycles. The molecule has 27 heavy (non-hydrogen) atoms. The van der Waals surface area contributed by atoms with Crippen molar-refractivity contribution < 1.29 is 0 Å². The van der Waals surface area contributed by atoms with Gasteiger partial charge in [0.2, 0.25) is 0 Å². The standard InChI is InChI=1S/C24H47N3/c1-6-9-11-13-15-23(14-12-10-7-2)19-24-20-27(26-25-24)17-16-22(5)18-21(4)8-3/h20-23H,6-19H2,1-5H3. The van der Waals surface area contributed by atoms with Crippen LogP contribution in [0.5, 0.6) is 0 Å². The molecule has 1 aromatic rings. The minimum absolute atomic E-state index is 0.771. The van der Waals surface area contributed by atoms with Gasteiger partial charge in [-0.3, -0.25) is 4.68 Å². The molecule has 0 bridgehead atoms. The topological polar surface area (TPSA) is 30.7 Å². The summed E-state index contributed by atoms with van der Waals surface area (Å²) >= 11 is 0. The van der Waals surface area contributed by atoms with E-state index in [4.69, 9.17) is 0 Å². The molecule has 158 valence electrons. The van der Waals surface area contributed by atoms with Crippen LogP contribution in [0.2, 0.25) is 0 Å². The van der Waals surface area contributed by atoms with Crippen LogP contribution in [-0.4, -0.2) is 15.0 Å². The number of hydrogen-bond acceptors (Lipinski definition) is 2. The molecule has 0 aliphatic carbocycles. The molecule has 1 heterocycles. The molecule has 0 N–H and O–H groups in total. The third-order valence-electron chi connectivity index (χ3n) is 6.12. The quantitative estimate of drug-likeness (QED) is 0.264. The maximum atomic E-state index is 4.50. The summed E-state index contributed by atoms with van der Waals surface area (Å²) < 4.78 is 2.09. The average molecular weight is 378 g/mol. The van der Waals surface area contributed by atoms with Gasteiger partial charge in [0.05, 0.1) is 5.69 Å². The SMILES string of the molecule is CCCCCCC(CCCCC)Cc1cn(CCC(C)CC(C)CC)nn1. The Morgan fingerprint density at radius 3 is 2.19 bits per heavy atom. The molecule has 0 aliphatic heterocycles. The first-order chi connectivity index (χ1) is 13.1. The summed E-state index contributed by atoms with van der Waals surface area (Å²) in [5.41, 5.74) is 1.21. The van der Waals surface area contributed by atoms with Gasteiger partial charge in [-0.1, -0.05) is 104 Å². The predicted octanol–water partition coefficient (Wildman–Crippen LogP) is 7.45. The molecule has 0 radical (unpaired) electrons. The molecule has 3 nitrogen and oxygen atoms in total. The molecule has 0 fully saturated rings. The van der Waals surface area contributed by atoms with Gasteiger partial charge in [-0.25, -0.2) is 0 Å². The van der Waals surface area contributed by atoms with Crippen molar-refractivity contribution in [1.29, 1.82) is 0 Å². The first kappa shape index (κ1) is 24.2. The second-order valence-corrected chi connectivity index (χ2v) is 9.03. The van der Waals surface area contributed by atoms with E-state index in [0.29, 0.717) is 0 Å². The van der Waals surface area contributed by atoms with Crippen molar-refractivity contribution >= 4 is 0 Å². The lowest BCUT2D eigenvalue weighted by Crippen LogP contribution is -2.08. The normalized spacial score (nSPS) is 15.0. The average Bonchev–Trinajstić information content (AvgIpc) is 3.10. The van der Waals surface area contributed by atoms with E-state index in [-0.39, 0.29) is 0 Å². The van der Waals surface area contributed by atoms with Crippen molar-refractivity contribution in [3.05, 3.63) is 11.9 Å². The van der Waals surface area contributed by atoms with Crippen LogP contribution in [0.1, 0.15) is 117 Å². The van der Waals surface area contributed by atoms with Gasteiger partial charge in [-0.2, -0.15) is 0 Å². The van der Waals surface area contributed by atoms with Gasteiger partial charge in [0.25, 0.3) is 0 Å². The molecular formula is C24H47N3. The number of unbranched alkanes of at least 4 members (excludes halogenated alkanes) is 5. The lowest BCUT2D eigenvalue weighted by molar-refractivity contribution is 0.362. The van der Waals surface area contributed by atoms with Gasteiger partial charge in [0, 0.05) is 12.7 Å². The Labute approximate surface area is 169 Å². The van der Waals surface area contributed by atoms with Crippen LogP contribution in [0.3, 0.4) is 0 Å². The molecule has 3 heteroatoms. The highest BCUT2D eigenvalue weighted by Gasteiger charge is 2.13. The van der Waals surface area contributed by atoms with E-state index in [1.165, 1.54) is 82.7 Å². The van der Waals surface area contributed by atoms with E-state index in [1.54, 1.807) is 0 Å². The molecule has 0 saturated heterocycles. The number of rotatable bonds is 17. The Morgan fingerprint density at radius 1 is 0.852 bits per heavy atom. The second-order valence-electron chi connectivity index (χ2n) is 9.03. The maximum Gasteiger partial charge on any atom is 0.0829 e. The van der Waals surface area contributed by atoms with Crippen LogP contribution in [0.4, 0.5) is 0 Å². The number of aromatic nitrogens is 3. The van der Waals surface area contributed by atoms with Gasteiger partial charge in [0.1, 0.15) is 0 Å². The molecule has 0 spiro atoms. The molecule has 3 unspecified atom stereocenters. The number of aryl methyl sites for hydroxylation is 1. The van der Waals surface area contributed by atoms with Crippen molar-refractivity contribution in [3.8, 4) is 0 Å². The second kappa shape index (κ2) is 15.1. The highest BCUT2D eigenvalue weighted by atomic mass is 15.4. The van der Waals surface area contributed by atoms with Gasteiger partial charge in [0.15, 0.2) is 0 Å². The van der Waals surface area contributed by atoms with Crippen LogP contribution in [-0.2, 0) is 13.0 Å². The van der Waals surface area contributed by atoms with Crippen molar-refractivity contribution in [3.63, 3.8) is 0 Å². The first-order valence-corrected chi connectivity index (χ1v) is 12.0. The molecule has 3 atom stereocenters. The predicted molar refractivity (Wildman–Crippen MR) is 118 cm³/mol. The van der Waals surface area contributed by atoms with E-state index in [9.17, 15) is 0 Å². The first-order valence-electron chi connectivity index (χ1n) is 12.0. The molecule has 0 aliphatic rings. The fourth-order valence-corrected chi connectivity index (χ4v) is 4.05. The lowest BCUT2D eigenvalue weighted by atomic mass is 9.91. The van der Waals surface area contributed by atoms with Gasteiger partial charge >= 0.3 is 0 Å². The Balaban J connectivity index is 2.43. The van der Waals surface area contributed by atoms with Crippen LogP contribution in [0, 0.1) is 17.8 Å². The lowest BCUT2D eigenvalue weighted by Gasteiger charge is -2.16. The van der Waals surface area contributed by atoms with Crippen molar-refractivity contribution in [1.82, 2.24) is 15.0 Å². The van der Waals surface area contributed by atoms with E-state index >= 15 is 0 Å². The van der Waals surface area contributed by atoms with E-state index in [1.807, 2.05) is 0 Å². The summed E-state index contributed by atoms with van der Waals surface area (Å²) in [6.45, 7) is 12.6. The summed E-state index contributed by atoms with van der Waals surface area (Å²) in [7, 11) is 0. The zero-order chi connectivity index (χ0) is 19.9. The Hall–Kier alpha value is -0.860. The minimum atomic E-state index is 0.771. The van der Waals surface area contributed by atoms with Crippen molar-refractivity contribution in [2.24, 2.45) is 17.8 Å². The summed E-state index contributed by atoms with van der Waals surface area (Å²) in [4.78, 5) is 0. The Bertz CT molecular complexity index is 454. The zero-order valence-corrected chi connectivity index (χ0v) is 19.1.